The van der Waals surface area contributed by atoms with E-state index in [2.05, 4.69) is 0 Å². The summed E-state index contributed by atoms with van der Waals surface area (Å²) >= 11 is 2.72. The monoisotopic (exact) mass is 418 g/mol. The van der Waals surface area contributed by atoms with Crippen molar-refractivity contribution in [3.8, 4) is 6.07 Å². The molecule has 9 heteroatoms. The van der Waals surface area contributed by atoms with Gasteiger partial charge in [-0.25, -0.2) is 4.98 Å². The number of nitrogens with one attached hydrogen (secondary N) is 1. The second-order valence-corrected chi connectivity index (χ2v) is 8.76. The van der Waals surface area contributed by atoms with Crippen molar-refractivity contribution in [1.82, 2.24) is 9.55 Å². The van der Waals surface area contributed by atoms with E-state index in [1.165, 1.54) is 11.8 Å². The maximum atomic E-state index is 13.2. The zero-order chi connectivity index (χ0) is 20.3. The maximum Gasteiger partial charge on any atom is 0.263 e. The highest BCUT2D eigenvalue weighted by molar-refractivity contribution is 7.99. The first kappa shape index (κ1) is 20.7. The molecule has 0 saturated carbocycles. The number of ether oxygens (including phenoxy) is 1. The average molecular weight is 419 g/mol. The quantitative estimate of drug-likeness (QED) is 0.401. The molecule has 1 unspecified atom stereocenters. The number of methoxy groups -OCH3 is 1. The van der Waals surface area contributed by atoms with Crippen LogP contribution in [-0.2, 0) is 28.9 Å². The van der Waals surface area contributed by atoms with E-state index in [-0.39, 0.29) is 22.8 Å². The molecular formula is C19H22N4O3S2. The Morgan fingerprint density at radius 3 is 2.89 bits per heavy atom. The number of hydrogen-bond acceptors (Lipinski definition) is 8. The third-order valence-corrected chi connectivity index (χ3v) is 6.97. The van der Waals surface area contributed by atoms with E-state index in [1.54, 1.807) is 23.0 Å². The first-order valence-corrected chi connectivity index (χ1v) is 10.9. The molecule has 1 atom stereocenters. The number of nitrogens with zero attached hydrogens (tertiary/aromatic N) is 3. The highest BCUT2D eigenvalue weighted by Crippen LogP contribution is 2.34. The van der Waals surface area contributed by atoms with E-state index in [9.17, 15) is 9.59 Å². The molecule has 0 spiro atoms. The summed E-state index contributed by atoms with van der Waals surface area (Å²) in [5.41, 5.74) is 1.07. The number of aryl methyl sites for hydroxylation is 2. The maximum absolute atomic E-state index is 13.2. The lowest BCUT2D eigenvalue weighted by molar-refractivity contribution is -0.117. The summed E-state index contributed by atoms with van der Waals surface area (Å²) in [6.45, 7) is 2.16. The van der Waals surface area contributed by atoms with Gasteiger partial charge >= 0.3 is 0 Å². The molecule has 1 aliphatic rings. The topological polar surface area (TPSA) is 109 Å². The Balaban J connectivity index is 1.98. The predicted molar refractivity (Wildman–Crippen MR) is 111 cm³/mol. The average Bonchev–Trinajstić information content (AvgIpc) is 3.04. The minimum atomic E-state index is -1.05. The number of thiophene rings is 1. The summed E-state index contributed by atoms with van der Waals surface area (Å²) in [6.07, 6.45) is 4.10. The van der Waals surface area contributed by atoms with Crippen molar-refractivity contribution >= 4 is 44.8 Å². The summed E-state index contributed by atoms with van der Waals surface area (Å²) < 4.78 is 6.72. The van der Waals surface area contributed by atoms with Gasteiger partial charge in [-0.1, -0.05) is 11.8 Å². The third kappa shape index (κ3) is 4.04. The molecular weight excluding hydrogens is 396 g/mol. The Hall–Kier alpha value is -2.02. The van der Waals surface area contributed by atoms with Gasteiger partial charge in [0.05, 0.1) is 30.4 Å². The molecule has 2 heterocycles. The van der Waals surface area contributed by atoms with Crippen LogP contribution < -0.4 is 5.56 Å². The van der Waals surface area contributed by atoms with E-state index in [4.69, 9.17) is 20.4 Å². The summed E-state index contributed by atoms with van der Waals surface area (Å²) in [5.74, 6) is -1.41. The van der Waals surface area contributed by atoms with Crippen LogP contribution >= 0.6 is 23.1 Å². The summed E-state index contributed by atoms with van der Waals surface area (Å²) in [5, 5.41) is 17.8. The number of ketones is 1. The van der Waals surface area contributed by atoms with E-state index in [0.717, 1.165) is 47.8 Å². The van der Waals surface area contributed by atoms with Crippen molar-refractivity contribution in [3.63, 3.8) is 0 Å². The second-order valence-electron chi connectivity index (χ2n) is 6.74. The molecule has 3 rings (SSSR count). The van der Waals surface area contributed by atoms with Crippen molar-refractivity contribution in [2.45, 2.75) is 44.3 Å². The van der Waals surface area contributed by atoms with E-state index in [0.29, 0.717) is 23.7 Å². The third-order valence-electron chi connectivity index (χ3n) is 4.79. The van der Waals surface area contributed by atoms with Gasteiger partial charge in [-0.2, -0.15) is 5.26 Å². The normalized spacial score (nSPS) is 14.5. The minimum Gasteiger partial charge on any atom is -0.383 e. The molecule has 148 valence electrons. The number of Topliss-reactive ketones (excluding diaryl/α,β-unsaturated/α-hetero) is 1. The van der Waals surface area contributed by atoms with Gasteiger partial charge in [-0.15, -0.1) is 11.3 Å². The minimum absolute atomic E-state index is 0.00946. The Morgan fingerprint density at radius 1 is 1.46 bits per heavy atom. The van der Waals surface area contributed by atoms with Crippen LogP contribution in [0.1, 0.15) is 30.2 Å². The predicted octanol–water partition coefficient (Wildman–Crippen LogP) is 2.82. The molecule has 1 aliphatic carbocycles. The number of rotatable bonds is 8. The zero-order valence-electron chi connectivity index (χ0n) is 15.9. The number of hydrogen-bond donors (Lipinski definition) is 1. The molecule has 2 aromatic heterocycles. The highest BCUT2D eigenvalue weighted by Gasteiger charge is 2.24. The fraction of sp³-hybridized carbons (Fsp3) is 0.526. The fourth-order valence-corrected chi connectivity index (χ4v) is 5.57. The Bertz CT molecular complexity index is 1020. The Morgan fingerprint density at radius 2 is 2.21 bits per heavy atom. The largest absolute Gasteiger partial charge is 0.383 e. The van der Waals surface area contributed by atoms with Crippen LogP contribution in [0.15, 0.2) is 9.95 Å². The number of carbonyl (C=O) groups excluding carboxylic acids is 1. The smallest absolute Gasteiger partial charge is 0.263 e. The highest BCUT2D eigenvalue weighted by atomic mass is 32.2. The van der Waals surface area contributed by atoms with Crippen LogP contribution in [0.5, 0.6) is 0 Å². The SMILES string of the molecule is COCCn1c(SCC(=O)C(C#N)C(C)=N)nc2sc3c(c2c1=O)CCCC3. The van der Waals surface area contributed by atoms with Crippen molar-refractivity contribution in [2.75, 3.05) is 19.5 Å². The van der Waals surface area contributed by atoms with Gasteiger partial charge in [0.2, 0.25) is 0 Å². The first-order valence-electron chi connectivity index (χ1n) is 9.12. The number of thioether (sulfide) groups is 1. The standard InChI is InChI=1S/C19H22N4O3S2/c1-11(21)13(9-20)14(24)10-27-19-22-17-16(18(25)23(19)7-8-26-2)12-5-3-4-6-15(12)28-17/h13,21H,3-8,10H2,1-2H3. The summed E-state index contributed by atoms with van der Waals surface area (Å²) in [7, 11) is 1.57. The molecule has 2 aromatic rings. The van der Waals surface area contributed by atoms with Gasteiger partial charge in [-0.3, -0.25) is 14.2 Å². The number of nitriles is 1. The van der Waals surface area contributed by atoms with Gasteiger partial charge in [-0.05, 0) is 38.2 Å². The summed E-state index contributed by atoms with van der Waals surface area (Å²) in [6, 6.07) is 1.87. The molecule has 1 N–H and O–H groups in total. The molecule has 0 radical (unpaired) electrons. The van der Waals surface area contributed by atoms with Gasteiger partial charge in [0.1, 0.15) is 10.7 Å². The van der Waals surface area contributed by atoms with Crippen molar-refractivity contribution < 1.29 is 9.53 Å². The lowest BCUT2D eigenvalue weighted by Gasteiger charge is -2.13. The van der Waals surface area contributed by atoms with Crippen LogP contribution in [0, 0.1) is 22.7 Å². The van der Waals surface area contributed by atoms with E-state index < -0.39 is 5.92 Å². The van der Waals surface area contributed by atoms with Crippen LogP contribution in [-0.4, -0.2) is 40.5 Å². The van der Waals surface area contributed by atoms with Crippen molar-refractivity contribution in [3.05, 3.63) is 20.8 Å². The number of aromatic nitrogens is 2. The lowest BCUT2D eigenvalue weighted by atomic mass is 9.97. The first-order chi connectivity index (χ1) is 13.5. The number of fused-ring (bicyclic) bond motifs is 3. The van der Waals surface area contributed by atoms with E-state index >= 15 is 0 Å². The van der Waals surface area contributed by atoms with Gasteiger partial charge in [0.15, 0.2) is 10.9 Å². The molecule has 0 aliphatic heterocycles. The van der Waals surface area contributed by atoms with Crippen LogP contribution in [0.2, 0.25) is 0 Å². The number of carbonyl (C=O) groups is 1. The molecule has 0 saturated heterocycles. The van der Waals surface area contributed by atoms with Crippen molar-refractivity contribution in [1.29, 1.82) is 10.7 Å². The molecule has 7 nitrogen and oxygen atoms in total. The van der Waals surface area contributed by atoms with Gasteiger partial charge < -0.3 is 10.1 Å². The lowest BCUT2D eigenvalue weighted by Crippen LogP contribution is -2.27. The molecule has 0 fully saturated rings. The van der Waals surface area contributed by atoms with Gasteiger partial charge in [0.25, 0.3) is 5.56 Å². The molecule has 28 heavy (non-hydrogen) atoms. The Labute approximate surface area is 171 Å². The van der Waals surface area contributed by atoms with E-state index in [1.807, 2.05) is 6.07 Å². The van der Waals surface area contributed by atoms with Crippen LogP contribution in [0.4, 0.5) is 0 Å². The summed E-state index contributed by atoms with van der Waals surface area (Å²) in [4.78, 5) is 32.2. The van der Waals surface area contributed by atoms with Gasteiger partial charge in [0, 0.05) is 17.7 Å². The van der Waals surface area contributed by atoms with Crippen molar-refractivity contribution in [2.24, 2.45) is 5.92 Å². The fourth-order valence-electron chi connectivity index (χ4n) is 3.34. The Kier molecular flexibility index (Phi) is 6.65. The zero-order valence-corrected chi connectivity index (χ0v) is 17.5. The van der Waals surface area contributed by atoms with Crippen LogP contribution in [0.25, 0.3) is 10.2 Å². The second kappa shape index (κ2) is 8.99. The molecule has 0 amide bonds. The van der Waals surface area contributed by atoms with Crippen LogP contribution in [0.3, 0.4) is 0 Å². The molecule has 0 aromatic carbocycles. The molecule has 0 bridgehead atoms.